The van der Waals surface area contributed by atoms with E-state index < -0.39 is 0 Å². The lowest BCUT2D eigenvalue weighted by Gasteiger charge is -2.22. The Labute approximate surface area is 148 Å². The molecule has 0 bridgehead atoms. The maximum atomic E-state index is 12.3. The lowest BCUT2D eigenvalue weighted by molar-refractivity contribution is -0.121. The van der Waals surface area contributed by atoms with E-state index in [1.807, 2.05) is 49.9 Å². The summed E-state index contributed by atoms with van der Waals surface area (Å²) in [6, 6.07) is 7.76. The number of thioether (sulfide) groups is 1. The summed E-state index contributed by atoms with van der Waals surface area (Å²) >= 11 is 1.89. The van der Waals surface area contributed by atoms with Crippen LogP contribution in [0.4, 0.5) is 0 Å². The van der Waals surface area contributed by atoms with Gasteiger partial charge in [0.1, 0.15) is 0 Å². The second-order valence-electron chi connectivity index (χ2n) is 5.88. The number of rotatable bonds is 7. The summed E-state index contributed by atoms with van der Waals surface area (Å²) in [5.41, 5.74) is 1.70. The fourth-order valence-corrected chi connectivity index (χ4v) is 3.66. The molecule has 0 aliphatic carbocycles. The molecule has 1 saturated heterocycles. The molecule has 1 heterocycles. The van der Waals surface area contributed by atoms with Crippen LogP contribution in [0.2, 0.25) is 0 Å². The molecule has 1 fully saturated rings. The molecule has 24 heavy (non-hydrogen) atoms. The average molecular weight is 350 g/mol. The Kier molecular flexibility index (Phi) is 7.59. The summed E-state index contributed by atoms with van der Waals surface area (Å²) in [6.45, 7) is 6.85. The van der Waals surface area contributed by atoms with E-state index in [0.717, 1.165) is 23.6 Å². The van der Waals surface area contributed by atoms with Crippen molar-refractivity contribution in [1.82, 2.24) is 15.5 Å². The van der Waals surface area contributed by atoms with Crippen molar-refractivity contribution in [3.63, 3.8) is 0 Å². The van der Waals surface area contributed by atoms with E-state index >= 15 is 0 Å². The van der Waals surface area contributed by atoms with Crippen LogP contribution in [0, 0.1) is 0 Å². The van der Waals surface area contributed by atoms with E-state index in [1.54, 1.807) is 4.90 Å². The van der Waals surface area contributed by atoms with Crippen LogP contribution in [-0.2, 0) is 11.3 Å². The summed E-state index contributed by atoms with van der Waals surface area (Å²) in [6.07, 6.45) is 0.519. The minimum atomic E-state index is 0.0523. The molecule has 0 spiro atoms. The molecule has 0 radical (unpaired) electrons. The smallest absolute Gasteiger partial charge is 0.253 e. The van der Waals surface area contributed by atoms with Gasteiger partial charge in [0.25, 0.3) is 5.91 Å². The molecule has 132 valence electrons. The lowest BCUT2D eigenvalue weighted by Crippen LogP contribution is -2.41. The number of carbonyl (C=O) groups is 2. The largest absolute Gasteiger partial charge is 0.352 e. The van der Waals surface area contributed by atoms with Gasteiger partial charge in [0, 0.05) is 55.7 Å². The van der Waals surface area contributed by atoms with Gasteiger partial charge in [-0.2, -0.15) is 11.8 Å². The Morgan fingerprint density at radius 2 is 1.96 bits per heavy atom. The zero-order valence-electron chi connectivity index (χ0n) is 14.5. The molecule has 1 aliphatic heterocycles. The first-order chi connectivity index (χ1) is 11.6. The van der Waals surface area contributed by atoms with E-state index in [9.17, 15) is 9.59 Å². The van der Waals surface area contributed by atoms with Crippen molar-refractivity contribution in [1.29, 1.82) is 0 Å². The van der Waals surface area contributed by atoms with Crippen LogP contribution in [0.15, 0.2) is 24.3 Å². The van der Waals surface area contributed by atoms with Gasteiger partial charge >= 0.3 is 0 Å². The summed E-state index contributed by atoms with van der Waals surface area (Å²) in [7, 11) is 0. The highest BCUT2D eigenvalue weighted by Crippen LogP contribution is 2.11. The molecule has 1 aliphatic rings. The Morgan fingerprint density at radius 3 is 2.54 bits per heavy atom. The van der Waals surface area contributed by atoms with Crippen molar-refractivity contribution in [2.75, 3.05) is 31.1 Å². The van der Waals surface area contributed by atoms with E-state index in [0.29, 0.717) is 31.6 Å². The van der Waals surface area contributed by atoms with Crippen LogP contribution in [0.1, 0.15) is 36.2 Å². The first kappa shape index (κ1) is 18.8. The van der Waals surface area contributed by atoms with Crippen molar-refractivity contribution in [2.45, 2.75) is 32.9 Å². The maximum Gasteiger partial charge on any atom is 0.253 e. The SMILES string of the molecule is CCN(CC)C(=O)c1ccc(CNC(=O)CC2CSCCN2)cc1. The Bertz CT molecular complexity index is 538. The van der Waals surface area contributed by atoms with Gasteiger partial charge in [0.15, 0.2) is 0 Å². The van der Waals surface area contributed by atoms with Gasteiger partial charge in [-0.1, -0.05) is 12.1 Å². The van der Waals surface area contributed by atoms with Crippen LogP contribution in [-0.4, -0.2) is 53.9 Å². The predicted molar refractivity (Wildman–Crippen MR) is 99.3 cm³/mol. The summed E-state index contributed by atoms with van der Waals surface area (Å²) in [4.78, 5) is 26.1. The Balaban J connectivity index is 1.80. The molecule has 2 N–H and O–H groups in total. The molecule has 6 heteroatoms. The molecule has 5 nitrogen and oxygen atoms in total. The molecular weight excluding hydrogens is 322 g/mol. The van der Waals surface area contributed by atoms with Gasteiger partial charge < -0.3 is 15.5 Å². The van der Waals surface area contributed by atoms with Crippen molar-refractivity contribution in [2.24, 2.45) is 0 Å². The Hall–Kier alpha value is -1.53. The molecule has 1 atom stereocenters. The summed E-state index contributed by atoms with van der Waals surface area (Å²) < 4.78 is 0. The van der Waals surface area contributed by atoms with Gasteiger partial charge in [-0.3, -0.25) is 9.59 Å². The molecule has 2 amide bonds. The van der Waals surface area contributed by atoms with E-state index in [1.165, 1.54) is 0 Å². The fourth-order valence-electron chi connectivity index (χ4n) is 2.71. The molecule has 1 aromatic rings. The van der Waals surface area contributed by atoms with Crippen molar-refractivity contribution in [3.8, 4) is 0 Å². The lowest BCUT2D eigenvalue weighted by atomic mass is 10.1. The topological polar surface area (TPSA) is 61.4 Å². The van der Waals surface area contributed by atoms with Crippen LogP contribution < -0.4 is 10.6 Å². The number of nitrogens with one attached hydrogen (secondary N) is 2. The minimum absolute atomic E-state index is 0.0523. The average Bonchev–Trinajstić information content (AvgIpc) is 2.62. The molecular formula is C18H27N3O2S. The molecule has 1 unspecified atom stereocenters. The van der Waals surface area contributed by atoms with Crippen LogP contribution >= 0.6 is 11.8 Å². The number of carbonyl (C=O) groups excluding carboxylic acids is 2. The van der Waals surface area contributed by atoms with E-state index in [4.69, 9.17) is 0 Å². The minimum Gasteiger partial charge on any atom is -0.352 e. The molecule has 2 rings (SSSR count). The zero-order valence-corrected chi connectivity index (χ0v) is 15.3. The quantitative estimate of drug-likeness (QED) is 0.789. The molecule has 0 aromatic heterocycles. The summed E-state index contributed by atoms with van der Waals surface area (Å²) in [5.74, 6) is 2.24. The second-order valence-corrected chi connectivity index (χ2v) is 7.03. The van der Waals surface area contributed by atoms with Crippen LogP contribution in [0.5, 0.6) is 0 Å². The normalized spacial score (nSPS) is 17.3. The molecule has 0 saturated carbocycles. The number of hydrogen-bond acceptors (Lipinski definition) is 4. The first-order valence-electron chi connectivity index (χ1n) is 8.60. The van der Waals surface area contributed by atoms with Crippen molar-refractivity contribution < 1.29 is 9.59 Å². The zero-order chi connectivity index (χ0) is 17.4. The summed E-state index contributed by atoms with van der Waals surface area (Å²) in [5, 5.41) is 6.32. The molecule has 1 aromatic carbocycles. The highest BCUT2D eigenvalue weighted by atomic mass is 32.2. The highest BCUT2D eigenvalue weighted by molar-refractivity contribution is 7.99. The number of hydrogen-bond donors (Lipinski definition) is 2. The van der Waals surface area contributed by atoms with E-state index in [-0.39, 0.29) is 17.9 Å². The van der Waals surface area contributed by atoms with Crippen LogP contribution in [0.25, 0.3) is 0 Å². The fraction of sp³-hybridized carbons (Fsp3) is 0.556. The van der Waals surface area contributed by atoms with Crippen LogP contribution in [0.3, 0.4) is 0 Å². The number of benzene rings is 1. The third kappa shape index (κ3) is 5.53. The maximum absolute atomic E-state index is 12.3. The van der Waals surface area contributed by atoms with Gasteiger partial charge in [0.05, 0.1) is 0 Å². The first-order valence-corrected chi connectivity index (χ1v) is 9.75. The number of amides is 2. The van der Waals surface area contributed by atoms with Gasteiger partial charge in [-0.05, 0) is 31.5 Å². The number of nitrogens with zero attached hydrogens (tertiary/aromatic N) is 1. The van der Waals surface area contributed by atoms with Gasteiger partial charge in [0.2, 0.25) is 5.91 Å². The standard InChI is InChI=1S/C18H27N3O2S/c1-3-21(4-2)18(23)15-7-5-14(6-8-15)12-20-17(22)11-16-13-24-10-9-19-16/h5-8,16,19H,3-4,9-13H2,1-2H3,(H,20,22). The third-order valence-electron chi connectivity index (χ3n) is 4.17. The Morgan fingerprint density at radius 1 is 1.25 bits per heavy atom. The van der Waals surface area contributed by atoms with E-state index in [2.05, 4.69) is 10.6 Å². The second kappa shape index (κ2) is 9.69. The highest BCUT2D eigenvalue weighted by Gasteiger charge is 2.16. The third-order valence-corrected chi connectivity index (χ3v) is 5.30. The predicted octanol–water partition coefficient (Wildman–Crippen LogP) is 1.88. The van der Waals surface area contributed by atoms with Gasteiger partial charge in [-0.15, -0.1) is 0 Å². The van der Waals surface area contributed by atoms with Crippen molar-refractivity contribution >= 4 is 23.6 Å². The van der Waals surface area contributed by atoms with Crippen molar-refractivity contribution in [3.05, 3.63) is 35.4 Å². The van der Waals surface area contributed by atoms with Gasteiger partial charge in [-0.25, -0.2) is 0 Å². The monoisotopic (exact) mass is 349 g/mol.